The highest BCUT2D eigenvalue weighted by molar-refractivity contribution is 5.69. The Bertz CT molecular complexity index is 995. The quantitative estimate of drug-likeness (QED) is 0.643. The Balaban J connectivity index is 1.61. The molecule has 1 aliphatic rings. The van der Waals surface area contributed by atoms with E-state index in [2.05, 4.69) is 23.3 Å². The van der Waals surface area contributed by atoms with Crippen LogP contribution in [0.5, 0.6) is 0 Å². The maximum Gasteiger partial charge on any atom is 0.123 e. The minimum absolute atomic E-state index is 0.177. The zero-order valence-electron chi connectivity index (χ0n) is 15.7. The molecule has 0 aliphatic carbocycles. The van der Waals surface area contributed by atoms with Crippen LogP contribution < -0.4 is 5.32 Å². The highest BCUT2D eigenvalue weighted by Crippen LogP contribution is 2.34. The first kappa shape index (κ1) is 18.5. The fourth-order valence-corrected chi connectivity index (χ4v) is 3.88. The Labute approximate surface area is 164 Å². The summed E-state index contributed by atoms with van der Waals surface area (Å²) in [4.78, 5) is 4.32. The topological polar surface area (TPSA) is 24.9 Å². The number of nitrogens with zero attached hydrogens (tertiary/aromatic N) is 1. The molecule has 1 N–H and O–H groups in total. The van der Waals surface area contributed by atoms with Crippen LogP contribution in [0.2, 0.25) is 0 Å². The number of rotatable bonds is 4. The van der Waals surface area contributed by atoms with Crippen molar-refractivity contribution < 1.29 is 8.78 Å². The number of benzene rings is 2. The first-order valence-corrected chi connectivity index (χ1v) is 9.50. The van der Waals surface area contributed by atoms with Crippen LogP contribution in [0.4, 0.5) is 8.78 Å². The number of hydrogen-bond acceptors (Lipinski definition) is 2. The van der Waals surface area contributed by atoms with E-state index in [9.17, 15) is 8.78 Å². The fourth-order valence-electron chi connectivity index (χ4n) is 3.88. The van der Waals surface area contributed by atoms with Crippen LogP contribution in [0.3, 0.4) is 0 Å². The van der Waals surface area contributed by atoms with Crippen molar-refractivity contribution in [1.29, 1.82) is 0 Å². The van der Waals surface area contributed by atoms with E-state index >= 15 is 0 Å². The molecule has 2 atom stereocenters. The van der Waals surface area contributed by atoms with E-state index in [1.54, 1.807) is 18.3 Å². The Morgan fingerprint density at radius 3 is 2.61 bits per heavy atom. The molecular weight excluding hydrogens is 354 g/mol. The maximum atomic E-state index is 13.7. The van der Waals surface area contributed by atoms with Gasteiger partial charge in [0.2, 0.25) is 0 Å². The summed E-state index contributed by atoms with van der Waals surface area (Å²) in [5.74, 6) is -0.292. The Kier molecular flexibility index (Phi) is 5.31. The third kappa shape index (κ3) is 3.87. The van der Waals surface area contributed by atoms with Crippen LogP contribution in [-0.4, -0.2) is 17.6 Å². The largest absolute Gasteiger partial charge is 0.310 e. The van der Waals surface area contributed by atoms with Crippen LogP contribution in [0.15, 0.2) is 73.1 Å². The summed E-state index contributed by atoms with van der Waals surface area (Å²) in [6.45, 7) is 2.93. The van der Waals surface area contributed by atoms with E-state index in [1.807, 2.05) is 30.5 Å². The SMILES string of the molecule is CC(c1cnccc1-c1cccc(F)c1)C1CC(c2ccc(F)cc2)=CCN1. The summed E-state index contributed by atoms with van der Waals surface area (Å²) < 4.78 is 27.0. The molecule has 0 saturated heterocycles. The molecule has 2 nitrogen and oxygen atoms in total. The minimum Gasteiger partial charge on any atom is -0.310 e. The zero-order chi connectivity index (χ0) is 19.5. The van der Waals surface area contributed by atoms with Gasteiger partial charge in [0, 0.05) is 25.0 Å². The van der Waals surface area contributed by atoms with Gasteiger partial charge < -0.3 is 5.32 Å². The summed E-state index contributed by atoms with van der Waals surface area (Å²) >= 11 is 0. The van der Waals surface area contributed by atoms with E-state index in [4.69, 9.17) is 0 Å². The summed E-state index contributed by atoms with van der Waals surface area (Å²) in [7, 11) is 0. The smallest absolute Gasteiger partial charge is 0.123 e. The lowest BCUT2D eigenvalue weighted by molar-refractivity contribution is 0.467. The van der Waals surface area contributed by atoms with Gasteiger partial charge in [-0.15, -0.1) is 0 Å². The summed E-state index contributed by atoms with van der Waals surface area (Å²) in [6.07, 6.45) is 6.62. The van der Waals surface area contributed by atoms with Crippen molar-refractivity contribution in [2.24, 2.45) is 0 Å². The van der Waals surface area contributed by atoms with Crippen LogP contribution in [0.25, 0.3) is 16.7 Å². The van der Waals surface area contributed by atoms with Crippen molar-refractivity contribution in [3.05, 3.63) is 95.8 Å². The van der Waals surface area contributed by atoms with Gasteiger partial charge in [0.25, 0.3) is 0 Å². The first-order valence-electron chi connectivity index (χ1n) is 9.50. The second kappa shape index (κ2) is 8.03. The molecule has 2 aromatic carbocycles. The van der Waals surface area contributed by atoms with Gasteiger partial charge in [0.15, 0.2) is 0 Å². The molecule has 1 aliphatic heterocycles. The molecule has 0 spiro atoms. The lowest BCUT2D eigenvalue weighted by atomic mass is 9.83. The second-order valence-corrected chi connectivity index (χ2v) is 7.22. The number of hydrogen-bond donors (Lipinski definition) is 1. The molecule has 0 amide bonds. The average Bonchev–Trinajstić information content (AvgIpc) is 2.74. The molecule has 4 rings (SSSR count). The highest BCUT2D eigenvalue weighted by atomic mass is 19.1. The van der Waals surface area contributed by atoms with Crippen molar-refractivity contribution in [3.8, 4) is 11.1 Å². The summed E-state index contributed by atoms with van der Waals surface area (Å²) in [5.41, 5.74) is 5.21. The van der Waals surface area contributed by atoms with Crippen LogP contribution in [-0.2, 0) is 0 Å². The minimum atomic E-state index is -0.245. The molecule has 3 aromatic rings. The van der Waals surface area contributed by atoms with Crippen molar-refractivity contribution >= 4 is 5.57 Å². The Hall–Kier alpha value is -2.85. The molecule has 142 valence electrons. The van der Waals surface area contributed by atoms with Crippen molar-refractivity contribution in [3.63, 3.8) is 0 Å². The van der Waals surface area contributed by atoms with Gasteiger partial charge in [-0.1, -0.05) is 37.3 Å². The van der Waals surface area contributed by atoms with E-state index in [1.165, 1.54) is 23.8 Å². The Morgan fingerprint density at radius 1 is 1.00 bits per heavy atom. The van der Waals surface area contributed by atoms with E-state index in [-0.39, 0.29) is 23.6 Å². The molecule has 2 unspecified atom stereocenters. The molecule has 0 bridgehead atoms. The fraction of sp³-hybridized carbons (Fsp3) is 0.208. The van der Waals surface area contributed by atoms with E-state index in [0.29, 0.717) is 0 Å². The van der Waals surface area contributed by atoms with Gasteiger partial charge >= 0.3 is 0 Å². The molecule has 4 heteroatoms. The van der Waals surface area contributed by atoms with Gasteiger partial charge in [-0.05, 0) is 70.5 Å². The van der Waals surface area contributed by atoms with E-state index < -0.39 is 0 Å². The lowest BCUT2D eigenvalue weighted by Gasteiger charge is -2.31. The predicted octanol–water partition coefficient (Wildman–Crippen LogP) is 5.58. The number of halogens is 2. The molecule has 1 aromatic heterocycles. The maximum absolute atomic E-state index is 13.7. The summed E-state index contributed by atoms with van der Waals surface area (Å²) in [6, 6.07) is 15.5. The summed E-state index contributed by atoms with van der Waals surface area (Å²) in [5, 5.41) is 3.57. The van der Waals surface area contributed by atoms with Crippen LogP contribution in [0.1, 0.15) is 30.4 Å². The molecule has 28 heavy (non-hydrogen) atoms. The van der Waals surface area contributed by atoms with Gasteiger partial charge in [-0.2, -0.15) is 0 Å². The van der Waals surface area contributed by atoms with Crippen molar-refractivity contribution in [2.45, 2.75) is 25.3 Å². The number of nitrogens with one attached hydrogen (secondary N) is 1. The third-order valence-corrected chi connectivity index (χ3v) is 5.46. The predicted molar refractivity (Wildman–Crippen MR) is 109 cm³/mol. The highest BCUT2D eigenvalue weighted by Gasteiger charge is 2.25. The zero-order valence-corrected chi connectivity index (χ0v) is 15.7. The van der Waals surface area contributed by atoms with Crippen LogP contribution in [0, 0.1) is 11.6 Å². The van der Waals surface area contributed by atoms with Gasteiger partial charge in [-0.25, -0.2) is 8.78 Å². The van der Waals surface area contributed by atoms with Gasteiger partial charge in [0.05, 0.1) is 0 Å². The second-order valence-electron chi connectivity index (χ2n) is 7.22. The molecule has 0 saturated carbocycles. The van der Waals surface area contributed by atoms with E-state index in [0.717, 1.165) is 35.2 Å². The number of pyridine rings is 1. The van der Waals surface area contributed by atoms with Crippen molar-refractivity contribution in [1.82, 2.24) is 10.3 Å². The van der Waals surface area contributed by atoms with Gasteiger partial charge in [0.1, 0.15) is 11.6 Å². The average molecular weight is 376 g/mol. The molecule has 0 fully saturated rings. The normalized spacial score (nSPS) is 17.8. The molecular formula is C24H22F2N2. The molecule has 2 heterocycles. The monoisotopic (exact) mass is 376 g/mol. The third-order valence-electron chi connectivity index (χ3n) is 5.46. The molecule has 0 radical (unpaired) electrons. The van der Waals surface area contributed by atoms with Crippen LogP contribution >= 0.6 is 0 Å². The standard InChI is InChI=1S/C24H22F2N2/c1-16(23-15-27-11-10-22(23)19-3-2-4-21(26)13-19)24-14-18(9-12-28-24)17-5-7-20(25)8-6-17/h2-11,13,15-16,24,28H,12,14H2,1H3. The number of aromatic nitrogens is 1. The lowest BCUT2D eigenvalue weighted by Crippen LogP contribution is -2.37. The first-order chi connectivity index (χ1) is 13.6. The Morgan fingerprint density at radius 2 is 1.82 bits per heavy atom. The van der Waals surface area contributed by atoms with Crippen molar-refractivity contribution in [2.75, 3.05) is 6.54 Å². The van der Waals surface area contributed by atoms with Gasteiger partial charge in [-0.3, -0.25) is 4.98 Å².